The van der Waals surface area contributed by atoms with E-state index >= 15 is 0 Å². The molecular weight excluding hydrogens is 258 g/mol. The lowest BCUT2D eigenvalue weighted by molar-refractivity contribution is -0.140. The molecule has 0 spiro atoms. The maximum absolute atomic E-state index is 12.1. The van der Waals surface area contributed by atoms with Crippen molar-refractivity contribution in [3.8, 4) is 0 Å². The number of amides is 1. The molecule has 2 atom stereocenters. The second-order valence-corrected chi connectivity index (χ2v) is 6.11. The van der Waals surface area contributed by atoms with Crippen LogP contribution in [0.1, 0.15) is 30.8 Å². The van der Waals surface area contributed by atoms with Crippen LogP contribution in [-0.4, -0.2) is 26.8 Å². The minimum absolute atomic E-state index is 0.190. The lowest BCUT2D eigenvalue weighted by atomic mass is 10.1. The Kier molecular flexibility index (Phi) is 3.36. The molecule has 1 aliphatic rings. The Bertz CT molecular complexity index is 574. The summed E-state index contributed by atoms with van der Waals surface area (Å²) in [6.45, 7) is 7.87. The summed E-state index contributed by atoms with van der Waals surface area (Å²) in [6, 6.07) is 0. The first kappa shape index (κ1) is 14.6. The quantitative estimate of drug-likeness (QED) is 0.861. The number of hydrogen-bond acceptors (Lipinski definition) is 3. The number of carbonyl (C=O) groups is 2. The van der Waals surface area contributed by atoms with E-state index in [0.29, 0.717) is 6.54 Å². The minimum atomic E-state index is -0.899. The third kappa shape index (κ3) is 2.19. The van der Waals surface area contributed by atoms with Crippen LogP contribution in [0.5, 0.6) is 0 Å². The monoisotopic (exact) mass is 279 g/mol. The fourth-order valence-corrected chi connectivity index (χ4v) is 2.95. The first-order valence-corrected chi connectivity index (χ1v) is 6.67. The number of carboxylic acid groups (broad SMARTS) is 1. The van der Waals surface area contributed by atoms with E-state index in [4.69, 9.17) is 5.11 Å². The van der Waals surface area contributed by atoms with E-state index in [1.807, 2.05) is 34.7 Å². The first-order valence-electron chi connectivity index (χ1n) is 6.67. The van der Waals surface area contributed by atoms with Crippen LogP contribution in [0.15, 0.2) is 0 Å². The minimum Gasteiger partial charge on any atom is -0.481 e. The van der Waals surface area contributed by atoms with Gasteiger partial charge in [-0.1, -0.05) is 13.8 Å². The molecule has 1 fully saturated rings. The number of aryl methyl sites for hydroxylation is 2. The third-order valence-electron chi connectivity index (χ3n) is 4.47. The van der Waals surface area contributed by atoms with Gasteiger partial charge in [-0.05, 0) is 19.3 Å². The Hall–Kier alpha value is -1.85. The van der Waals surface area contributed by atoms with Crippen LogP contribution in [0.25, 0.3) is 0 Å². The number of aromatic nitrogens is 2. The van der Waals surface area contributed by atoms with Gasteiger partial charge in [-0.2, -0.15) is 5.10 Å². The van der Waals surface area contributed by atoms with Crippen LogP contribution in [-0.2, 0) is 23.2 Å². The van der Waals surface area contributed by atoms with Gasteiger partial charge in [-0.25, -0.2) is 0 Å². The van der Waals surface area contributed by atoms with Gasteiger partial charge in [-0.3, -0.25) is 14.3 Å². The van der Waals surface area contributed by atoms with E-state index in [0.717, 1.165) is 17.0 Å². The van der Waals surface area contributed by atoms with E-state index < -0.39 is 23.2 Å². The molecule has 1 saturated carbocycles. The number of carbonyl (C=O) groups excluding carboxylic acids is 1. The summed E-state index contributed by atoms with van der Waals surface area (Å²) >= 11 is 0. The Balaban J connectivity index is 2.02. The zero-order chi connectivity index (χ0) is 15.2. The third-order valence-corrected chi connectivity index (χ3v) is 4.47. The van der Waals surface area contributed by atoms with Gasteiger partial charge in [0, 0.05) is 24.8 Å². The van der Waals surface area contributed by atoms with Crippen molar-refractivity contribution < 1.29 is 14.7 Å². The maximum Gasteiger partial charge on any atom is 0.307 e. The van der Waals surface area contributed by atoms with Crippen LogP contribution < -0.4 is 5.32 Å². The maximum atomic E-state index is 12.1. The number of carboxylic acids is 1. The summed E-state index contributed by atoms with van der Waals surface area (Å²) in [5.74, 6) is -2.12. The number of nitrogens with one attached hydrogen (secondary N) is 1. The van der Waals surface area contributed by atoms with Crippen LogP contribution in [0, 0.1) is 31.1 Å². The van der Waals surface area contributed by atoms with Gasteiger partial charge < -0.3 is 10.4 Å². The molecule has 1 aliphatic carbocycles. The molecule has 110 valence electrons. The Morgan fingerprint density at radius 1 is 1.35 bits per heavy atom. The normalized spacial score (nSPS) is 23.4. The summed E-state index contributed by atoms with van der Waals surface area (Å²) in [4.78, 5) is 23.2. The molecule has 2 N–H and O–H groups in total. The molecule has 0 aromatic carbocycles. The number of aliphatic carboxylic acids is 1. The van der Waals surface area contributed by atoms with Crippen molar-refractivity contribution >= 4 is 11.9 Å². The Labute approximate surface area is 118 Å². The van der Waals surface area contributed by atoms with Gasteiger partial charge in [0.2, 0.25) is 5.91 Å². The first-order chi connectivity index (χ1) is 9.17. The molecule has 0 radical (unpaired) electrons. The van der Waals surface area contributed by atoms with Crippen molar-refractivity contribution in [1.29, 1.82) is 0 Å². The largest absolute Gasteiger partial charge is 0.481 e. The summed E-state index contributed by atoms with van der Waals surface area (Å²) < 4.78 is 1.78. The summed E-state index contributed by atoms with van der Waals surface area (Å²) in [5, 5.41) is 16.2. The topological polar surface area (TPSA) is 84.2 Å². The number of rotatable bonds is 4. The van der Waals surface area contributed by atoms with Gasteiger partial charge >= 0.3 is 5.97 Å². The average molecular weight is 279 g/mol. The van der Waals surface area contributed by atoms with E-state index in [1.54, 1.807) is 4.68 Å². The second kappa shape index (κ2) is 4.61. The number of hydrogen-bond donors (Lipinski definition) is 2. The van der Waals surface area contributed by atoms with Crippen molar-refractivity contribution in [3.63, 3.8) is 0 Å². The highest BCUT2D eigenvalue weighted by molar-refractivity contribution is 5.91. The predicted molar refractivity (Wildman–Crippen MR) is 72.9 cm³/mol. The Morgan fingerprint density at radius 2 is 1.95 bits per heavy atom. The van der Waals surface area contributed by atoms with Crippen LogP contribution in [0.3, 0.4) is 0 Å². The molecule has 20 heavy (non-hydrogen) atoms. The van der Waals surface area contributed by atoms with E-state index in [2.05, 4.69) is 10.4 Å². The molecule has 1 heterocycles. The molecule has 2 unspecified atom stereocenters. The van der Waals surface area contributed by atoms with Crippen molar-refractivity contribution in [1.82, 2.24) is 15.1 Å². The molecule has 1 aromatic rings. The van der Waals surface area contributed by atoms with E-state index in [1.165, 1.54) is 0 Å². The highest BCUT2D eigenvalue weighted by Crippen LogP contribution is 2.58. The molecule has 0 bridgehead atoms. The molecule has 6 nitrogen and oxygen atoms in total. The van der Waals surface area contributed by atoms with Crippen LogP contribution in [0.4, 0.5) is 0 Å². The zero-order valence-corrected chi connectivity index (χ0v) is 12.5. The summed E-state index contributed by atoms with van der Waals surface area (Å²) in [7, 11) is 1.86. The van der Waals surface area contributed by atoms with Crippen LogP contribution in [0.2, 0.25) is 0 Å². The zero-order valence-electron chi connectivity index (χ0n) is 12.5. The van der Waals surface area contributed by atoms with Crippen molar-refractivity contribution in [2.75, 3.05) is 0 Å². The number of nitrogens with zero attached hydrogens (tertiary/aromatic N) is 2. The molecule has 1 aromatic heterocycles. The van der Waals surface area contributed by atoms with Crippen molar-refractivity contribution in [2.24, 2.45) is 24.3 Å². The molecule has 0 aliphatic heterocycles. The average Bonchev–Trinajstić information content (AvgIpc) is 2.83. The molecule has 2 rings (SSSR count). The fourth-order valence-electron chi connectivity index (χ4n) is 2.95. The molecule has 1 amide bonds. The summed E-state index contributed by atoms with van der Waals surface area (Å²) in [6.07, 6.45) is 0. The molecule has 0 saturated heterocycles. The van der Waals surface area contributed by atoms with Crippen LogP contribution >= 0.6 is 0 Å². The van der Waals surface area contributed by atoms with Gasteiger partial charge in [-0.15, -0.1) is 0 Å². The van der Waals surface area contributed by atoms with Gasteiger partial charge in [0.05, 0.1) is 17.5 Å². The van der Waals surface area contributed by atoms with Gasteiger partial charge in [0.1, 0.15) is 0 Å². The van der Waals surface area contributed by atoms with Gasteiger partial charge in [0.25, 0.3) is 0 Å². The van der Waals surface area contributed by atoms with E-state index in [9.17, 15) is 9.59 Å². The molecule has 6 heteroatoms. The standard InChI is InChI=1S/C14H21N3O3/c1-7-9(8(2)17(5)16-7)6-15-12(18)10-11(13(19)20)14(10,3)4/h10-11H,6H2,1-5H3,(H,15,18)(H,19,20). The fraction of sp³-hybridized carbons (Fsp3) is 0.643. The summed E-state index contributed by atoms with van der Waals surface area (Å²) in [5.41, 5.74) is 2.42. The Morgan fingerprint density at radius 3 is 2.35 bits per heavy atom. The van der Waals surface area contributed by atoms with E-state index in [-0.39, 0.29) is 5.91 Å². The molecular formula is C14H21N3O3. The lowest BCUT2D eigenvalue weighted by Gasteiger charge is -2.06. The highest BCUT2D eigenvalue weighted by Gasteiger charge is 2.65. The van der Waals surface area contributed by atoms with Gasteiger partial charge in [0.15, 0.2) is 0 Å². The highest BCUT2D eigenvalue weighted by atomic mass is 16.4. The second-order valence-electron chi connectivity index (χ2n) is 6.11. The SMILES string of the molecule is Cc1nn(C)c(C)c1CNC(=O)C1C(C(=O)O)C1(C)C. The van der Waals surface area contributed by atoms with Crippen molar-refractivity contribution in [2.45, 2.75) is 34.2 Å². The lowest BCUT2D eigenvalue weighted by Crippen LogP contribution is -2.27. The predicted octanol–water partition coefficient (Wildman–Crippen LogP) is 1.01. The van der Waals surface area contributed by atoms with Crippen molar-refractivity contribution in [3.05, 3.63) is 17.0 Å². The smallest absolute Gasteiger partial charge is 0.307 e.